The third-order valence-corrected chi connectivity index (χ3v) is 6.64. The molecule has 9 N–H and O–H groups in total. The van der Waals surface area contributed by atoms with Gasteiger partial charge >= 0.3 is 5.97 Å². The van der Waals surface area contributed by atoms with Crippen LogP contribution >= 0.6 is 0 Å². The second-order valence-corrected chi connectivity index (χ2v) is 9.66. The first-order valence-corrected chi connectivity index (χ1v) is 12.8. The lowest BCUT2D eigenvalue weighted by Crippen LogP contribution is -2.60. The van der Waals surface area contributed by atoms with Crippen LogP contribution in [0, 0.1) is 0 Å². The van der Waals surface area contributed by atoms with E-state index in [1.165, 1.54) is 42.5 Å². The van der Waals surface area contributed by atoms with E-state index in [1.54, 1.807) is 12.1 Å². The third kappa shape index (κ3) is 6.59. The van der Waals surface area contributed by atoms with E-state index >= 15 is 0 Å². The van der Waals surface area contributed by atoms with Crippen molar-refractivity contribution in [3.05, 3.63) is 82.5 Å². The third-order valence-electron chi connectivity index (χ3n) is 6.64. The quantitative estimate of drug-likeness (QED) is 0.113. The number of phenolic OH excluding ortho intramolecular Hbond substituents is 4. The van der Waals surface area contributed by atoms with Crippen molar-refractivity contribution in [2.24, 2.45) is 0 Å². The number of carbonyl (C=O) groups excluding carboxylic acids is 1. The number of benzene rings is 3. The van der Waals surface area contributed by atoms with Gasteiger partial charge in [0.05, 0.1) is 0 Å². The summed E-state index contributed by atoms with van der Waals surface area (Å²) in [5.74, 6) is -2.70. The molecule has 0 unspecified atom stereocenters. The number of hydrogen-bond donors (Lipinski definition) is 7. The number of phenols is 4. The standard InChI is InChI=1S/C30H26O13.H2O/c31-16-6-1-14(2-7-16)3-10-22(35)40-13-21-24(36)26(38)27(39)30(42-21)43-29-25(37)23-19(34)11-18(33)12-20(23)41-28(29)15-4-8-17(32)9-5-15;/h1-12,21,24,26-27,30-34,36,38-39H,13H2;1H2/b10-3+;/t21-,24-,26+,27-,30+;/m1./s1. The Hall–Kier alpha value is -5.12. The molecule has 0 saturated carbocycles. The summed E-state index contributed by atoms with van der Waals surface area (Å²) in [5, 5.41) is 70.6. The lowest BCUT2D eigenvalue weighted by atomic mass is 9.99. The predicted molar refractivity (Wildman–Crippen MR) is 152 cm³/mol. The zero-order valence-electron chi connectivity index (χ0n) is 22.6. The highest BCUT2D eigenvalue weighted by atomic mass is 16.7. The van der Waals surface area contributed by atoms with E-state index in [-0.39, 0.29) is 39.3 Å². The zero-order chi connectivity index (χ0) is 30.8. The Bertz CT molecular complexity index is 1710. The molecule has 1 saturated heterocycles. The molecule has 0 bridgehead atoms. The highest BCUT2D eigenvalue weighted by Crippen LogP contribution is 2.37. The Morgan fingerprint density at radius 2 is 1.48 bits per heavy atom. The maximum atomic E-state index is 13.5. The SMILES string of the molecule is O.O=C(/C=C/c1ccc(O)cc1)OC[C@H]1O[C@@H](Oc2c(-c3ccc(O)cc3)oc3cc(O)cc(O)c3c2=O)[C@H](O)[C@@H](O)[C@@H]1O. The van der Waals surface area contributed by atoms with Crippen molar-refractivity contribution in [3.8, 4) is 40.1 Å². The van der Waals surface area contributed by atoms with Crippen molar-refractivity contribution in [3.63, 3.8) is 0 Å². The molecule has 1 aliphatic rings. The van der Waals surface area contributed by atoms with Gasteiger partial charge in [-0.3, -0.25) is 4.79 Å². The largest absolute Gasteiger partial charge is 0.508 e. The van der Waals surface area contributed by atoms with Gasteiger partial charge < -0.3 is 59.8 Å². The number of fused-ring (bicyclic) bond motifs is 1. The first-order chi connectivity index (χ1) is 20.5. The maximum absolute atomic E-state index is 13.5. The molecule has 2 heterocycles. The lowest BCUT2D eigenvalue weighted by Gasteiger charge is -2.39. The monoisotopic (exact) mass is 612 g/mol. The summed E-state index contributed by atoms with van der Waals surface area (Å²) in [6.07, 6.45) is -6.17. The Kier molecular flexibility index (Phi) is 9.42. The highest BCUT2D eigenvalue weighted by Gasteiger charge is 2.46. The van der Waals surface area contributed by atoms with Crippen molar-refractivity contribution in [2.45, 2.75) is 30.7 Å². The molecule has 4 aromatic rings. The first-order valence-electron chi connectivity index (χ1n) is 12.8. The van der Waals surface area contributed by atoms with Crippen LogP contribution in [0.4, 0.5) is 0 Å². The van der Waals surface area contributed by atoms with Gasteiger partial charge in [-0.1, -0.05) is 12.1 Å². The molecule has 14 heteroatoms. The van der Waals surface area contributed by atoms with E-state index < -0.39 is 66.0 Å². The van der Waals surface area contributed by atoms with Gasteiger partial charge in [0.15, 0.2) is 5.76 Å². The number of esters is 1. The van der Waals surface area contributed by atoms with Crippen LogP contribution in [-0.4, -0.2) is 84.5 Å². The first kappa shape index (κ1) is 31.8. The van der Waals surface area contributed by atoms with Gasteiger partial charge in [-0.05, 0) is 48.0 Å². The van der Waals surface area contributed by atoms with Crippen LogP contribution in [0.25, 0.3) is 28.4 Å². The summed E-state index contributed by atoms with van der Waals surface area (Å²) in [5.41, 5.74) is -0.328. The van der Waals surface area contributed by atoms with E-state index in [4.69, 9.17) is 18.6 Å². The number of ether oxygens (including phenoxy) is 3. The Labute approximate surface area is 247 Å². The van der Waals surface area contributed by atoms with Crippen LogP contribution in [0.15, 0.2) is 76.0 Å². The average molecular weight is 613 g/mol. The van der Waals surface area contributed by atoms with Crippen LogP contribution < -0.4 is 10.2 Å². The molecule has 3 aromatic carbocycles. The van der Waals surface area contributed by atoms with Gasteiger partial charge in [-0.2, -0.15) is 0 Å². The highest BCUT2D eigenvalue weighted by molar-refractivity contribution is 5.88. The number of carbonyl (C=O) groups is 1. The fourth-order valence-electron chi connectivity index (χ4n) is 4.41. The summed E-state index contributed by atoms with van der Waals surface area (Å²) in [7, 11) is 0. The number of hydrogen-bond acceptors (Lipinski definition) is 13. The summed E-state index contributed by atoms with van der Waals surface area (Å²) in [6.45, 7) is -0.583. The zero-order valence-corrected chi connectivity index (χ0v) is 22.6. The average Bonchev–Trinajstić information content (AvgIpc) is 2.97. The van der Waals surface area contributed by atoms with Gasteiger partial charge in [-0.15, -0.1) is 0 Å². The molecular weight excluding hydrogens is 584 g/mol. The van der Waals surface area contributed by atoms with Crippen LogP contribution in [0.1, 0.15) is 5.56 Å². The van der Waals surface area contributed by atoms with Gasteiger partial charge in [-0.25, -0.2) is 4.79 Å². The molecule has 1 aromatic heterocycles. The number of aromatic hydroxyl groups is 4. The molecule has 5 atom stereocenters. The predicted octanol–water partition coefficient (Wildman–Crippen LogP) is 0.901. The van der Waals surface area contributed by atoms with E-state index in [0.29, 0.717) is 5.56 Å². The molecule has 232 valence electrons. The number of rotatable bonds is 7. The molecule has 14 nitrogen and oxygen atoms in total. The Morgan fingerprint density at radius 1 is 0.841 bits per heavy atom. The molecular formula is C30H28O14. The lowest BCUT2D eigenvalue weighted by molar-refractivity contribution is -0.278. The molecule has 44 heavy (non-hydrogen) atoms. The fraction of sp³-hybridized carbons (Fsp3) is 0.200. The topological polar surface area (TPSA) is 248 Å². The van der Waals surface area contributed by atoms with Gasteiger partial charge in [0.25, 0.3) is 0 Å². The summed E-state index contributed by atoms with van der Waals surface area (Å²) in [6, 6.07) is 13.4. The van der Waals surface area contributed by atoms with E-state index in [9.17, 15) is 45.3 Å². The van der Waals surface area contributed by atoms with Crippen molar-refractivity contribution < 1.29 is 64.6 Å². The van der Waals surface area contributed by atoms with Gasteiger partial charge in [0.2, 0.25) is 17.5 Å². The van der Waals surface area contributed by atoms with Crippen molar-refractivity contribution in [1.29, 1.82) is 0 Å². The molecule has 0 aliphatic carbocycles. The van der Waals surface area contributed by atoms with Gasteiger partial charge in [0.1, 0.15) is 65.0 Å². The fourth-order valence-corrected chi connectivity index (χ4v) is 4.41. The van der Waals surface area contributed by atoms with Crippen LogP contribution in [-0.2, 0) is 14.3 Å². The van der Waals surface area contributed by atoms with Crippen LogP contribution in [0.2, 0.25) is 0 Å². The Morgan fingerprint density at radius 3 is 2.14 bits per heavy atom. The summed E-state index contributed by atoms with van der Waals surface area (Å²) < 4.78 is 22.2. The molecule has 0 amide bonds. The number of aliphatic hydroxyl groups excluding tert-OH is 3. The molecule has 5 rings (SSSR count). The van der Waals surface area contributed by atoms with Gasteiger partial charge in [0, 0.05) is 23.8 Å². The van der Waals surface area contributed by atoms with E-state index in [0.717, 1.165) is 18.2 Å². The normalized spacial score (nSPS) is 21.6. The van der Waals surface area contributed by atoms with Crippen molar-refractivity contribution >= 4 is 23.0 Å². The minimum absolute atomic E-state index is 0. The summed E-state index contributed by atoms with van der Waals surface area (Å²) >= 11 is 0. The van der Waals surface area contributed by atoms with Crippen LogP contribution in [0.3, 0.4) is 0 Å². The molecule has 1 aliphatic heterocycles. The number of aliphatic hydroxyl groups is 3. The minimum Gasteiger partial charge on any atom is -0.508 e. The van der Waals surface area contributed by atoms with Crippen molar-refractivity contribution in [2.75, 3.05) is 6.61 Å². The summed E-state index contributed by atoms with van der Waals surface area (Å²) in [4.78, 5) is 25.8. The Balaban J connectivity index is 0.00000442. The van der Waals surface area contributed by atoms with E-state index in [1.807, 2.05) is 0 Å². The second-order valence-electron chi connectivity index (χ2n) is 9.66. The van der Waals surface area contributed by atoms with E-state index in [2.05, 4.69) is 0 Å². The second kappa shape index (κ2) is 13.0. The smallest absolute Gasteiger partial charge is 0.330 e. The molecule has 0 radical (unpaired) electrons. The van der Waals surface area contributed by atoms with Crippen LogP contribution in [0.5, 0.6) is 28.7 Å². The minimum atomic E-state index is -1.90. The molecule has 1 fully saturated rings. The maximum Gasteiger partial charge on any atom is 0.330 e. The molecule has 0 spiro atoms. The van der Waals surface area contributed by atoms with Crippen molar-refractivity contribution in [1.82, 2.24) is 0 Å².